The Labute approximate surface area is 358 Å². The SMILES string of the molecule is CCC(C)(CC)C(=O)/C=C(\O)C(C)(CC)CC.Cc1c(CC(C)C)sc2ccc(-c3sc4ccnc(-c5[c-]c6ccccc6c(C(C)(C)C)c5)c4c3C)cc12.[Ir]. The van der Waals surface area contributed by atoms with Crippen LogP contribution >= 0.6 is 22.7 Å². The number of nitrogens with zero attached hydrogens (tertiary/aromatic N) is 1. The summed E-state index contributed by atoms with van der Waals surface area (Å²) >= 11 is 3.84. The minimum atomic E-state index is -0.337. The molecular weight excluding hydrogens is 903 g/mol. The largest absolute Gasteiger partial charge is 0.512 e. The van der Waals surface area contributed by atoms with E-state index in [2.05, 4.69) is 109 Å². The fourth-order valence-corrected chi connectivity index (χ4v) is 9.92. The van der Waals surface area contributed by atoms with Gasteiger partial charge in [-0.1, -0.05) is 111 Å². The van der Waals surface area contributed by atoms with E-state index in [0.29, 0.717) is 5.92 Å². The Balaban J connectivity index is 0.000000330. The van der Waals surface area contributed by atoms with Crippen LogP contribution in [0.2, 0.25) is 0 Å². The first-order valence-electron chi connectivity index (χ1n) is 20.2. The molecule has 3 nitrogen and oxygen atoms in total. The van der Waals surface area contributed by atoms with Crippen LogP contribution in [0.25, 0.3) is 52.6 Å². The molecule has 6 heteroatoms. The van der Waals surface area contributed by atoms with Crippen LogP contribution in [0, 0.1) is 36.7 Å². The average Bonchev–Trinajstić information content (AvgIpc) is 3.67. The maximum absolute atomic E-state index is 12.2. The summed E-state index contributed by atoms with van der Waals surface area (Å²) in [6, 6.07) is 23.9. The molecule has 1 N–H and O–H groups in total. The normalized spacial score (nSPS) is 12.6. The first kappa shape index (κ1) is 45.6. The van der Waals surface area contributed by atoms with Crippen LogP contribution in [0.3, 0.4) is 0 Å². The molecular formula is C50H62IrNO2S2-. The fraction of sp³-hybridized carbons (Fsp3) is 0.440. The van der Waals surface area contributed by atoms with Gasteiger partial charge in [0.15, 0.2) is 5.78 Å². The molecule has 6 aromatic rings. The first-order chi connectivity index (χ1) is 25.9. The summed E-state index contributed by atoms with van der Waals surface area (Å²) in [5.74, 6) is 0.955. The van der Waals surface area contributed by atoms with E-state index in [4.69, 9.17) is 4.98 Å². The van der Waals surface area contributed by atoms with Crippen molar-refractivity contribution in [1.82, 2.24) is 4.98 Å². The molecule has 3 heterocycles. The monoisotopic (exact) mass is 965 g/mol. The first-order valence-corrected chi connectivity index (χ1v) is 21.9. The number of aliphatic hydroxyl groups is 1. The number of aromatic nitrogens is 1. The molecule has 0 spiro atoms. The standard InChI is InChI=1S/C35H34NS2.C15H28O2.Ir/c1-20(2)16-31-21(3)27-18-24(12-13-29(27)37-31)34-22(4)32-30(38-34)14-15-36-33(32)25-17-23-10-8-9-11-26(23)28(19-25)35(5,6)7;1-7-14(5,8-2)12(16)11-13(17)15(6,9-3)10-4;/h8-15,18-20H,16H2,1-7H3;11,16H,7-10H2,1-6H3;/q-1;;/b;12-11-;. The van der Waals surface area contributed by atoms with Crippen molar-refractivity contribution in [3.63, 3.8) is 0 Å². The van der Waals surface area contributed by atoms with Crippen molar-refractivity contribution in [3.8, 4) is 21.7 Å². The van der Waals surface area contributed by atoms with Crippen LogP contribution in [0.1, 0.15) is 123 Å². The number of carbonyl (C=O) groups excluding carboxylic acids is 1. The third kappa shape index (κ3) is 9.25. The Morgan fingerprint density at radius 2 is 1.46 bits per heavy atom. The van der Waals surface area contributed by atoms with Gasteiger partial charge in [0.05, 0.1) is 0 Å². The zero-order valence-corrected chi connectivity index (χ0v) is 39.9. The van der Waals surface area contributed by atoms with Gasteiger partial charge in [0.2, 0.25) is 0 Å². The quantitative estimate of drug-likeness (QED) is 0.0800. The number of ketones is 1. The number of carbonyl (C=O) groups is 1. The molecule has 1 radical (unpaired) electrons. The van der Waals surface area contributed by atoms with Gasteiger partial charge in [0.25, 0.3) is 0 Å². The van der Waals surface area contributed by atoms with E-state index < -0.39 is 0 Å². The molecule has 0 atom stereocenters. The number of pyridine rings is 1. The van der Waals surface area contributed by atoms with Crippen molar-refractivity contribution in [2.24, 2.45) is 16.7 Å². The Morgan fingerprint density at radius 1 is 0.821 bits per heavy atom. The van der Waals surface area contributed by atoms with Crippen molar-refractivity contribution in [2.75, 3.05) is 0 Å². The van der Waals surface area contributed by atoms with Gasteiger partial charge in [-0.05, 0) is 103 Å². The summed E-state index contributed by atoms with van der Waals surface area (Å²) in [6.45, 7) is 28.1. The Morgan fingerprint density at radius 3 is 2.07 bits per heavy atom. The van der Waals surface area contributed by atoms with Gasteiger partial charge in [0, 0.05) is 68.1 Å². The van der Waals surface area contributed by atoms with Gasteiger partial charge in [-0.3, -0.25) is 9.78 Å². The van der Waals surface area contributed by atoms with Crippen molar-refractivity contribution < 1.29 is 30.0 Å². The number of aryl methyl sites for hydroxylation is 2. The summed E-state index contributed by atoms with van der Waals surface area (Å²) < 4.78 is 2.67. The second kappa shape index (κ2) is 18.2. The average molecular weight is 965 g/mol. The molecule has 6 rings (SSSR count). The predicted molar refractivity (Wildman–Crippen MR) is 242 cm³/mol. The predicted octanol–water partition coefficient (Wildman–Crippen LogP) is 15.6. The number of hydrogen-bond acceptors (Lipinski definition) is 5. The molecule has 301 valence electrons. The van der Waals surface area contributed by atoms with Crippen LogP contribution < -0.4 is 0 Å². The van der Waals surface area contributed by atoms with Gasteiger partial charge >= 0.3 is 0 Å². The van der Waals surface area contributed by atoms with Crippen LogP contribution in [0.5, 0.6) is 0 Å². The van der Waals surface area contributed by atoms with Crippen molar-refractivity contribution in [3.05, 3.63) is 100 Å². The number of benzene rings is 3. The van der Waals surface area contributed by atoms with Gasteiger partial charge < -0.3 is 5.11 Å². The van der Waals surface area contributed by atoms with Crippen molar-refractivity contribution >= 4 is 59.4 Å². The summed E-state index contributed by atoms with van der Waals surface area (Å²) in [5, 5.41) is 15.2. The summed E-state index contributed by atoms with van der Waals surface area (Å²) in [5.41, 5.74) is 6.92. The van der Waals surface area contributed by atoms with E-state index in [9.17, 15) is 9.90 Å². The van der Waals surface area contributed by atoms with Gasteiger partial charge in [-0.2, -0.15) is 0 Å². The zero-order valence-electron chi connectivity index (χ0n) is 35.9. The van der Waals surface area contributed by atoms with E-state index in [1.165, 1.54) is 63.6 Å². The van der Waals surface area contributed by atoms with Crippen LogP contribution in [0.4, 0.5) is 0 Å². The topological polar surface area (TPSA) is 50.2 Å². The van der Waals surface area contributed by atoms with Crippen molar-refractivity contribution in [1.29, 1.82) is 0 Å². The van der Waals surface area contributed by atoms with E-state index in [1.54, 1.807) is 0 Å². The van der Waals surface area contributed by atoms with E-state index in [1.807, 2.05) is 70.4 Å². The third-order valence-electron chi connectivity index (χ3n) is 12.2. The fourth-order valence-electron chi connectivity index (χ4n) is 7.31. The minimum Gasteiger partial charge on any atom is -0.512 e. The number of allylic oxidation sites excluding steroid dienone is 2. The number of thiophene rings is 2. The van der Waals surface area contributed by atoms with Crippen molar-refractivity contribution in [2.45, 2.75) is 128 Å². The number of rotatable bonds is 11. The molecule has 0 bridgehead atoms. The van der Waals surface area contributed by atoms with Crippen LogP contribution in [-0.2, 0) is 36.7 Å². The van der Waals surface area contributed by atoms with Gasteiger partial charge in [-0.25, -0.2) is 0 Å². The molecule has 0 aliphatic carbocycles. The smallest absolute Gasteiger partial charge is 0.164 e. The molecule has 0 amide bonds. The van der Waals surface area contributed by atoms with Crippen LogP contribution in [-0.4, -0.2) is 15.9 Å². The molecule has 0 saturated carbocycles. The Hall–Kier alpha value is -3.15. The summed E-state index contributed by atoms with van der Waals surface area (Å²) in [4.78, 5) is 20.0. The molecule has 0 aliphatic heterocycles. The Kier molecular flexibility index (Phi) is 14.8. The second-order valence-corrected chi connectivity index (χ2v) is 19.6. The molecule has 3 aromatic heterocycles. The summed E-state index contributed by atoms with van der Waals surface area (Å²) in [6.07, 6.45) is 7.86. The second-order valence-electron chi connectivity index (χ2n) is 17.4. The number of aliphatic hydroxyl groups excluding tert-OH is 1. The van der Waals surface area contributed by atoms with Gasteiger partial charge in [0.1, 0.15) is 5.76 Å². The molecule has 0 fully saturated rings. The molecule has 0 unspecified atom stereocenters. The summed E-state index contributed by atoms with van der Waals surface area (Å²) in [7, 11) is 0. The van der Waals surface area contributed by atoms with Gasteiger partial charge in [-0.15, -0.1) is 51.8 Å². The molecule has 0 aliphatic rings. The number of fused-ring (bicyclic) bond motifs is 3. The van der Waals surface area contributed by atoms with E-state index >= 15 is 0 Å². The third-order valence-corrected chi connectivity index (χ3v) is 14.8. The zero-order chi connectivity index (χ0) is 40.5. The maximum atomic E-state index is 12.2. The minimum absolute atomic E-state index is 0. The van der Waals surface area contributed by atoms with E-state index in [0.717, 1.165) is 48.7 Å². The Bertz CT molecular complexity index is 2340. The maximum Gasteiger partial charge on any atom is 0.164 e. The molecule has 3 aromatic carbocycles. The van der Waals surface area contributed by atoms with Crippen LogP contribution in [0.15, 0.2) is 72.6 Å². The molecule has 0 saturated heterocycles. The number of hydrogen-bond donors (Lipinski definition) is 1. The molecule has 56 heavy (non-hydrogen) atoms. The van der Waals surface area contributed by atoms with E-state index in [-0.39, 0.29) is 47.9 Å².